The smallest absolute Gasteiger partial charge is 0.326 e. The van der Waals surface area contributed by atoms with Crippen molar-refractivity contribution in [1.29, 1.82) is 0 Å². The van der Waals surface area contributed by atoms with Crippen molar-refractivity contribution < 1.29 is 9.90 Å². The number of rotatable bonds is 2. The Morgan fingerprint density at radius 3 is 2.45 bits per heavy atom. The summed E-state index contributed by atoms with van der Waals surface area (Å²) in [5.41, 5.74) is -1.11. The van der Waals surface area contributed by atoms with Crippen LogP contribution in [0.5, 0.6) is 0 Å². The van der Waals surface area contributed by atoms with Crippen molar-refractivity contribution in [3.63, 3.8) is 0 Å². The molecule has 1 aliphatic heterocycles. The quantitative estimate of drug-likeness (QED) is 0.650. The van der Waals surface area contributed by atoms with Crippen LogP contribution >= 0.6 is 23.2 Å². The van der Waals surface area contributed by atoms with Gasteiger partial charge in [-0.25, -0.2) is 0 Å². The zero-order valence-corrected chi connectivity index (χ0v) is 7.32. The molecule has 0 amide bonds. The molecule has 1 atom stereocenters. The Kier molecular flexibility index (Phi) is 2.62. The Balaban J connectivity index is 2.79. The fraction of sp³-hybridized carbons (Fsp3) is 0.833. The predicted octanol–water partition coefficient (Wildman–Crippen LogP) is 0.997. The van der Waals surface area contributed by atoms with Crippen molar-refractivity contribution in [2.75, 3.05) is 6.54 Å². The molecule has 1 rings (SSSR count). The van der Waals surface area contributed by atoms with E-state index in [0.29, 0.717) is 13.0 Å². The molecule has 64 valence electrons. The van der Waals surface area contributed by atoms with Crippen molar-refractivity contribution in [3.8, 4) is 0 Å². The molecule has 1 aliphatic rings. The molecule has 1 fully saturated rings. The van der Waals surface area contributed by atoms with Crippen molar-refractivity contribution in [1.82, 2.24) is 5.32 Å². The third-order valence-electron chi connectivity index (χ3n) is 1.94. The van der Waals surface area contributed by atoms with Crippen LogP contribution in [0.4, 0.5) is 0 Å². The van der Waals surface area contributed by atoms with Crippen LogP contribution in [0.15, 0.2) is 0 Å². The lowest BCUT2D eigenvalue weighted by molar-refractivity contribution is -0.143. The summed E-state index contributed by atoms with van der Waals surface area (Å²) in [6.45, 7) is 0.669. The fourth-order valence-electron chi connectivity index (χ4n) is 1.23. The first-order valence-corrected chi connectivity index (χ1v) is 4.23. The minimum atomic E-state index is -1.11. The minimum absolute atomic E-state index is 0.500. The average Bonchev–Trinajstić information content (AvgIpc) is 2.34. The Labute approximate surface area is 74.7 Å². The second kappa shape index (κ2) is 3.17. The molecule has 0 unspecified atom stereocenters. The molecule has 1 heterocycles. The van der Waals surface area contributed by atoms with Crippen LogP contribution in [0.2, 0.25) is 0 Å². The van der Waals surface area contributed by atoms with E-state index in [1.165, 1.54) is 0 Å². The van der Waals surface area contributed by atoms with Gasteiger partial charge in [0.05, 0.1) is 0 Å². The molecule has 0 spiro atoms. The van der Waals surface area contributed by atoms with Gasteiger partial charge in [0.25, 0.3) is 0 Å². The minimum Gasteiger partial charge on any atom is -0.480 e. The predicted molar refractivity (Wildman–Crippen MR) is 43.1 cm³/mol. The number of hydrogen-bond acceptors (Lipinski definition) is 2. The first kappa shape index (κ1) is 9.10. The van der Waals surface area contributed by atoms with Crippen LogP contribution in [0.1, 0.15) is 12.8 Å². The maximum Gasteiger partial charge on any atom is 0.326 e. The summed E-state index contributed by atoms with van der Waals surface area (Å²) in [7, 11) is 0. The van der Waals surface area contributed by atoms with Gasteiger partial charge in [-0.3, -0.25) is 10.1 Å². The molecule has 0 bridgehead atoms. The van der Waals surface area contributed by atoms with E-state index < -0.39 is 16.3 Å². The van der Waals surface area contributed by atoms with E-state index >= 15 is 0 Å². The van der Waals surface area contributed by atoms with Crippen molar-refractivity contribution in [3.05, 3.63) is 0 Å². The second-order valence-electron chi connectivity index (χ2n) is 2.61. The topological polar surface area (TPSA) is 49.3 Å². The SMILES string of the molecule is O=C(O)[C@]1(C(Cl)Cl)CCCN1. The van der Waals surface area contributed by atoms with Gasteiger partial charge in [-0.05, 0) is 19.4 Å². The molecular formula is C6H9Cl2NO2. The number of carboxylic acid groups (broad SMARTS) is 1. The maximum atomic E-state index is 10.7. The van der Waals surface area contributed by atoms with Gasteiger partial charge in [-0.15, -0.1) is 23.2 Å². The standard InChI is InChI=1S/C6H9Cl2NO2/c7-4(8)6(5(10)11)2-1-3-9-6/h4,9H,1-3H2,(H,10,11)/t6-/m1/s1. The Bertz CT molecular complexity index is 166. The molecule has 1 saturated heterocycles. The molecule has 3 nitrogen and oxygen atoms in total. The van der Waals surface area contributed by atoms with Crippen LogP contribution in [0.25, 0.3) is 0 Å². The lowest BCUT2D eigenvalue weighted by Crippen LogP contribution is -2.52. The largest absolute Gasteiger partial charge is 0.480 e. The number of carbonyl (C=O) groups is 1. The van der Waals surface area contributed by atoms with E-state index in [1.54, 1.807) is 0 Å². The molecule has 11 heavy (non-hydrogen) atoms. The van der Waals surface area contributed by atoms with E-state index in [1.807, 2.05) is 0 Å². The van der Waals surface area contributed by atoms with Gasteiger partial charge in [0.15, 0.2) is 0 Å². The van der Waals surface area contributed by atoms with Gasteiger partial charge in [0, 0.05) is 0 Å². The highest BCUT2D eigenvalue weighted by Crippen LogP contribution is 2.29. The van der Waals surface area contributed by atoms with Crippen LogP contribution < -0.4 is 5.32 Å². The molecule has 0 aromatic rings. The molecule has 2 N–H and O–H groups in total. The van der Waals surface area contributed by atoms with Crippen LogP contribution in [0, 0.1) is 0 Å². The normalized spacial score (nSPS) is 31.2. The highest BCUT2D eigenvalue weighted by atomic mass is 35.5. The summed E-state index contributed by atoms with van der Waals surface area (Å²) in [6.07, 6.45) is 1.31. The molecule has 0 aromatic carbocycles. The number of alkyl halides is 2. The van der Waals surface area contributed by atoms with Crippen molar-refractivity contribution >= 4 is 29.2 Å². The van der Waals surface area contributed by atoms with E-state index in [-0.39, 0.29) is 0 Å². The molecule has 0 aromatic heterocycles. The van der Waals surface area contributed by atoms with Gasteiger partial charge in [0.1, 0.15) is 10.4 Å². The molecule has 0 aliphatic carbocycles. The van der Waals surface area contributed by atoms with E-state index in [2.05, 4.69) is 5.32 Å². The number of carboxylic acids is 1. The Morgan fingerprint density at radius 2 is 2.27 bits per heavy atom. The monoisotopic (exact) mass is 197 g/mol. The third-order valence-corrected chi connectivity index (χ3v) is 2.69. The van der Waals surface area contributed by atoms with Crippen molar-refractivity contribution in [2.45, 2.75) is 23.2 Å². The first-order chi connectivity index (χ1) is 5.09. The van der Waals surface area contributed by atoms with Gasteiger partial charge in [-0.1, -0.05) is 0 Å². The molecule has 0 radical (unpaired) electrons. The number of halogens is 2. The summed E-state index contributed by atoms with van der Waals surface area (Å²) >= 11 is 11.1. The number of aliphatic carboxylic acids is 1. The Morgan fingerprint density at radius 1 is 1.64 bits per heavy atom. The summed E-state index contributed by atoms with van der Waals surface area (Å²) in [4.78, 5) is 9.85. The van der Waals surface area contributed by atoms with E-state index in [4.69, 9.17) is 28.3 Å². The van der Waals surface area contributed by atoms with Crippen LogP contribution in [-0.2, 0) is 4.79 Å². The highest BCUT2D eigenvalue weighted by molar-refractivity contribution is 6.46. The number of nitrogens with one attached hydrogen (secondary N) is 1. The lowest BCUT2D eigenvalue weighted by atomic mass is 10.0. The first-order valence-electron chi connectivity index (χ1n) is 3.36. The van der Waals surface area contributed by atoms with Gasteiger partial charge >= 0.3 is 5.97 Å². The lowest BCUT2D eigenvalue weighted by Gasteiger charge is -2.25. The maximum absolute atomic E-state index is 10.7. The summed E-state index contributed by atoms with van der Waals surface area (Å²) in [5.74, 6) is -0.968. The van der Waals surface area contributed by atoms with E-state index in [0.717, 1.165) is 6.42 Å². The van der Waals surface area contributed by atoms with Crippen molar-refractivity contribution in [2.24, 2.45) is 0 Å². The van der Waals surface area contributed by atoms with Gasteiger partial charge < -0.3 is 5.11 Å². The molecular weight excluding hydrogens is 189 g/mol. The van der Waals surface area contributed by atoms with Crippen LogP contribution in [0.3, 0.4) is 0 Å². The van der Waals surface area contributed by atoms with Crippen LogP contribution in [-0.4, -0.2) is 28.0 Å². The van der Waals surface area contributed by atoms with E-state index in [9.17, 15) is 4.79 Å². The Hall–Kier alpha value is 0.01000. The number of hydrogen-bond donors (Lipinski definition) is 2. The van der Waals surface area contributed by atoms with Gasteiger partial charge in [-0.2, -0.15) is 0 Å². The second-order valence-corrected chi connectivity index (χ2v) is 3.70. The molecule has 0 saturated carbocycles. The summed E-state index contributed by atoms with van der Waals surface area (Å²) in [5, 5.41) is 11.6. The highest BCUT2D eigenvalue weighted by Gasteiger charge is 2.46. The third kappa shape index (κ3) is 1.45. The fourth-order valence-corrected chi connectivity index (χ4v) is 1.79. The zero-order valence-electron chi connectivity index (χ0n) is 5.81. The summed E-state index contributed by atoms with van der Waals surface area (Å²) in [6, 6.07) is 0. The summed E-state index contributed by atoms with van der Waals surface area (Å²) < 4.78 is 0. The zero-order chi connectivity index (χ0) is 8.48. The van der Waals surface area contributed by atoms with Gasteiger partial charge in [0.2, 0.25) is 0 Å². The average molecular weight is 198 g/mol. The molecule has 5 heteroatoms.